The summed E-state index contributed by atoms with van der Waals surface area (Å²) >= 11 is 0. The minimum atomic E-state index is -0.829. The van der Waals surface area contributed by atoms with Crippen molar-refractivity contribution < 1.29 is 14.4 Å². The van der Waals surface area contributed by atoms with Crippen LogP contribution >= 0.6 is 0 Å². The molecule has 19 heavy (non-hydrogen) atoms. The summed E-state index contributed by atoms with van der Waals surface area (Å²) in [5.74, 6) is 0.600. The highest BCUT2D eigenvalue weighted by Crippen LogP contribution is 2.29. The zero-order chi connectivity index (χ0) is 14.0. The Balaban J connectivity index is 2.13. The number of nitrogens with zero attached hydrogens (tertiary/aromatic N) is 3. The van der Waals surface area contributed by atoms with Crippen molar-refractivity contribution in [1.82, 2.24) is 15.0 Å². The predicted octanol–water partition coefficient (Wildman–Crippen LogP) is 2.02. The van der Waals surface area contributed by atoms with E-state index >= 15 is 0 Å². The fraction of sp³-hybridized carbons (Fsp3) is 0.769. The average Bonchev–Trinajstić information content (AvgIpc) is 2.81. The molecule has 1 unspecified atom stereocenters. The van der Waals surface area contributed by atoms with Crippen molar-refractivity contribution in [2.24, 2.45) is 0 Å². The molecule has 1 aliphatic heterocycles. The van der Waals surface area contributed by atoms with E-state index in [9.17, 15) is 9.90 Å². The van der Waals surface area contributed by atoms with E-state index in [1.54, 1.807) is 6.92 Å². The van der Waals surface area contributed by atoms with Gasteiger partial charge in [0.25, 0.3) is 0 Å². The number of likely N-dealkylation sites (tertiary alicyclic amines) is 1. The molecule has 106 valence electrons. The molecule has 0 aliphatic carbocycles. The van der Waals surface area contributed by atoms with Gasteiger partial charge in [-0.1, -0.05) is 19.0 Å². The summed E-state index contributed by atoms with van der Waals surface area (Å²) in [5.41, 5.74) is -0.829. The molecule has 1 N–H and O–H groups in total. The van der Waals surface area contributed by atoms with Gasteiger partial charge in [-0.15, -0.1) is 0 Å². The lowest BCUT2D eigenvalue weighted by Gasteiger charge is -2.40. The summed E-state index contributed by atoms with van der Waals surface area (Å²) < 4.78 is 5.21. The molecule has 0 radical (unpaired) electrons. The third-order valence-corrected chi connectivity index (χ3v) is 3.83. The zero-order valence-electron chi connectivity index (χ0n) is 11.7. The Morgan fingerprint density at radius 2 is 2.26 bits per heavy atom. The Morgan fingerprint density at radius 1 is 1.53 bits per heavy atom. The van der Waals surface area contributed by atoms with E-state index in [0.717, 1.165) is 19.4 Å². The number of carbonyl (C=O) groups is 1. The highest BCUT2D eigenvalue weighted by molar-refractivity contribution is 5.78. The Morgan fingerprint density at radius 3 is 2.84 bits per heavy atom. The van der Waals surface area contributed by atoms with Crippen molar-refractivity contribution >= 4 is 5.97 Å². The third kappa shape index (κ3) is 2.78. The molecule has 1 fully saturated rings. The summed E-state index contributed by atoms with van der Waals surface area (Å²) in [6.45, 7) is 6.92. The van der Waals surface area contributed by atoms with Gasteiger partial charge in [0.2, 0.25) is 5.89 Å². The van der Waals surface area contributed by atoms with Crippen molar-refractivity contribution in [3.63, 3.8) is 0 Å². The monoisotopic (exact) mass is 267 g/mol. The molecule has 2 rings (SSSR count). The summed E-state index contributed by atoms with van der Waals surface area (Å²) in [7, 11) is 0. The minimum Gasteiger partial charge on any atom is -0.480 e. The van der Waals surface area contributed by atoms with E-state index in [1.165, 1.54) is 0 Å². The second-order valence-electron chi connectivity index (χ2n) is 5.66. The average molecular weight is 267 g/mol. The number of hydrogen-bond acceptors (Lipinski definition) is 5. The second kappa shape index (κ2) is 5.28. The third-order valence-electron chi connectivity index (χ3n) is 3.83. The fourth-order valence-corrected chi connectivity index (χ4v) is 2.40. The van der Waals surface area contributed by atoms with Gasteiger partial charge in [0, 0.05) is 5.92 Å². The largest absolute Gasteiger partial charge is 0.480 e. The molecule has 2 heterocycles. The number of rotatable bonds is 4. The van der Waals surface area contributed by atoms with Crippen LogP contribution in [0, 0.1) is 0 Å². The van der Waals surface area contributed by atoms with E-state index < -0.39 is 11.5 Å². The van der Waals surface area contributed by atoms with Crippen LogP contribution in [0.25, 0.3) is 0 Å². The van der Waals surface area contributed by atoms with Crippen LogP contribution in [0.1, 0.15) is 57.7 Å². The molecule has 0 amide bonds. The van der Waals surface area contributed by atoms with Gasteiger partial charge < -0.3 is 9.63 Å². The van der Waals surface area contributed by atoms with Crippen LogP contribution in [-0.4, -0.2) is 38.2 Å². The zero-order valence-corrected chi connectivity index (χ0v) is 11.7. The molecule has 1 saturated heterocycles. The summed E-state index contributed by atoms with van der Waals surface area (Å²) in [6, 6.07) is 0. The highest BCUT2D eigenvalue weighted by atomic mass is 16.5. The number of hydrogen-bond donors (Lipinski definition) is 1. The first-order valence-electron chi connectivity index (χ1n) is 6.74. The molecule has 1 aliphatic rings. The van der Waals surface area contributed by atoms with E-state index in [2.05, 4.69) is 10.1 Å². The van der Waals surface area contributed by atoms with Crippen molar-refractivity contribution in [1.29, 1.82) is 0 Å². The molecule has 6 heteroatoms. The lowest BCUT2D eigenvalue weighted by Crippen LogP contribution is -2.54. The Kier molecular flexibility index (Phi) is 3.89. The first-order chi connectivity index (χ1) is 8.93. The summed E-state index contributed by atoms with van der Waals surface area (Å²) in [4.78, 5) is 17.7. The number of carboxylic acid groups (broad SMARTS) is 1. The summed E-state index contributed by atoms with van der Waals surface area (Å²) in [6.07, 6.45) is 2.61. The molecule has 1 aromatic heterocycles. The normalized spacial score (nSPS) is 24.8. The maximum absolute atomic E-state index is 11.5. The molecular formula is C13H21N3O3. The fourth-order valence-electron chi connectivity index (χ4n) is 2.40. The number of aromatic nitrogens is 2. The van der Waals surface area contributed by atoms with Gasteiger partial charge in [-0.25, -0.2) is 0 Å². The standard InChI is InChI=1S/C13H21N3O3/c1-9(2)11-14-10(19-15-11)8-16-7-5-4-6-13(16,3)12(17)18/h9H,4-8H2,1-3H3,(H,17,18). The quantitative estimate of drug-likeness (QED) is 0.899. The van der Waals surface area contributed by atoms with E-state index in [-0.39, 0.29) is 5.92 Å². The Hall–Kier alpha value is -1.43. The molecule has 1 aromatic rings. The van der Waals surface area contributed by atoms with Crippen LogP contribution in [0.5, 0.6) is 0 Å². The molecule has 0 saturated carbocycles. The van der Waals surface area contributed by atoms with Gasteiger partial charge in [-0.3, -0.25) is 9.69 Å². The van der Waals surface area contributed by atoms with Crippen LogP contribution in [-0.2, 0) is 11.3 Å². The highest BCUT2D eigenvalue weighted by Gasteiger charge is 2.41. The van der Waals surface area contributed by atoms with Crippen molar-refractivity contribution in [3.8, 4) is 0 Å². The molecule has 0 aromatic carbocycles. The van der Waals surface area contributed by atoms with Gasteiger partial charge in [-0.2, -0.15) is 4.98 Å². The number of piperidine rings is 1. The van der Waals surface area contributed by atoms with Crippen molar-refractivity contribution in [2.45, 2.75) is 58.0 Å². The van der Waals surface area contributed by atoms with Gasteiger partial charge in [-0.05, 0) is 32.7 Å². The molecular weight excluding hydrogens is 246 g/mol. The smallest absolute Gasteiger partial charge is 0.323 e. The first kappa shape index (κ1) is 14.0. The number of aliphatic carboxylic acids is 1. The van der Waals surface area contributed by atoms with Crippen LogP contribution in [0.15, 0.2) is 4.52 Å². The lowest BCUT2D eigenvalue weighted by molar-refractivity contribution is -0.153. The van der Waals surface area contributed by atoms with Crippen LogP contribution in [0.3, 0.4) is 0 Å². The number of carboxylic acids is 1. The van der Waals surface area contributed by atoms with Gasteiger partial charge in [0.1, 0.15) is 5.54 Å². The molecule has 0 bridgehead atoms. The second-order valence-corrected chi connectivity index (χ2v) is 5.66. The molecule has 0 spiro atoms. The molecule has 1 atom stereocenters. The maximum atomic E-state index is 11.5. The minimum absolute atomic E-state index is 0.213. The maximum Gasteiger partial charge on any atom is 0.323 e. The van der Waals surface area contributed by atoms with Gasteiger partial charge in [0.15, 0.2) is 5.82 Å². The van der Waals surface area contributed by atoms with Crippen molar-refractivity contribution in [3.05, 3.63) is 11.7 Å². The van der Waals surface area contributed by atoms with E-state index in [0.29, 0.717) is 24.7 Å². The van der Waals surface area contributed by atoms with Crippen LogP contribution < -0.4 is 0 Å². The van der Waals surface area contributed by atoms with Crippen LogP contribution in [0.2, 0.25) is 0 Å². The first-order valence-corrected chi connectivity index (χ1v) is 6.74. The Labute approximate surface area is 112 Å². The Bertz CT molecular complexity index is 458. The van der Waals surface area contributed by atoms with Crippen molar-refractivity contribution in [2.75, 3.05) is 6.54 Å². The van der Waals surface area contributed by atoms with Gasteiger partial charge >= 0.3 is 5.97 Å². The van der Waals surface area contributed by atoms with E-state index in [4.69, 9.17) is 4.52 Å². The SMILES string of the molecule is CC(C)c1noc(CN2CCCCC2(C)C(=O)O)n1. The van der Waals surface area contributed by atoms with Crippen LogP contribution in [0.4, 0.5) is 0 Å². The predicted molar refractivity (Wildman–Crippen MR) is 68.7 cm³/mol. The lowest BCUT2D eigenvalue weighted by atomic mass is 9.88. The van der Waals surface area contributed by atoms with E-state index in [1.807, 2.05) is 18.7 Å². The van der Waals surface area contributed by atoms with Gasteiger partial charge in [0.05, 0.1) is 6.54 Å². The topological polar surface area (TPSA) is 79.5 Å². The molecule has 6 nitrogen and oxygen atoms in total. The summed E-state index contributed by atoms with van der Waals surface area (Å²) in [5, 5.41) is 13.3.